The van der Waals surface area contributed by atoms with E-state index in [0.717, 1.165) is 41.7 Å². The predicted octanol–water partition coefficient (Wildman–Crippen LogP) is 1.85. The molecule has 1 aliphatic heterocycles. The van der Waals surface area contributed by atoms with Gasteiger partial charge in [0.25, 0.3) is 0 Å². The summed E-state index contributed by atoms with van der Waals surface area (Å²) in [6, 6.07) is 0.0820. The Morgan fingerprint density at radius 3 is 3.00 bits per heavy atom. The number of nitrogens with zero attached hydrogens (tertiary/aromatic N) is 4. The first kappa shape index (κ1) is 11.4. The van der Waals surface area contributed by atoms with Gasteiger partial charge in [-0.2, -0.15) is 0 Å². The quantitative estimate of drug-likeness (QED) is 0.776. The molecule has 0 aliphatic carbocycles. The van der Waals surface area contributed by atoms with Crippen LogP contribution in [0, 0.1) is 6.92 Å². The average Bonchev–Trinajstić information content (AvgIpc) is 2.96. The highest BCUT2D eigenvalue weighted by Gasteiger charge is 2.26. The lowest BCUT2D eigenvalue weighted by molar-refractivity contribution is -0.120. The first-order valence-electron chi connectivity index (χ1n) is 5.89. The van der Waals surface area contributed by atoms with Crippen LogP contribution in [0.5, 0.6) is 0 Å². The number of rotatable bonds is 2. The SMILES string of the molecule is Cc1csc(-c2ncc3n2CCN(C=O)C3C)n1. The summed E-state index contributed by atoms with van der Waals surface area (Å²) in [5.74, 6) is 0.917. The van der Waals surface area contributed by atoms with Crippen molar-refractivity contribution in [2.45, 2.75) is 26.4 Å². The monoisotopic (exact) mass is 262 g/mol. The van der Waals surface area contributed by atoms with Crippen LogP contribution in [0.2, 0.25) is 0 Å². The Morgan fingerprint density at radius 2 is 2.33 bits per heavy atom. The maximum atomic E-state index is 10.9. The lowest BCUT2D eigenvalue weighted by Crippen LogP contribution is -2.35. The highest BCUT2D eigenvalue weighted by molar-refractivity contribution is 7.13. The second-order valence-electron chi connectivity index (χ2n) is 4.47. The molecule has 0 saturated carbocycles. The molecule has 1 amide bonds. The summed E-state index contributed by atoms with van der Waals surface area (Å²) in [5.41, 5.74) is 2.10. The van der Waals surface area contributed by atoms with Crippen LogP contribution in [0.15, 0.2) is 11.6 Å². The smallest absolute Gasteiger partial charge is 0.210 e. The lowest BCUT2D eigenvalue weighted by atomic mass is 10.2. The Bertz CT molecular complexity index is 589. The fourth-order valence-electron chi connectivity index (χ4n) is 2.31. The van der Waals surface area contributed by atoms with Crippen LogP contribution in [-0.2, 0) is 11.3 Å². The van der Waals surface area contributed by atoms with Gasteiger partial charge < -0.3 is 9.47 Å². The molecule has 3 heterocycles. The van der Waals surface area contributed by atoms with Crippen molar-refractivity contribution in [1.82, 2.24) is 19.4 Å². The van der Waals surface area contributed by atoms with E-state index in [4.69, 9.17) is 0 Å². The third-order valence-corrected chi connectivity index (χ3v) is 4.30. The van der Waals surface area contributed by atoms with Crippen LogP contribution < -0.4 is 0 Å². The Labute approximate surface area is 109 Å². The molecule has 0 bridgehead atoms. The van der Waals surface area contributed by atoms with Gasteiger partial charge >= 0.3 is 0 Å². The molecular weight excluding hydrogens is 248 g/mol. The molecule has 3 rings (SSSR count). The number of thiazole rings is 1. The van der Waals surface area contributed by atoms with Gasteiger partial charge in [-0.3, -0.25) is 4.79 Å². The van der Waals surface area contributed by atoms with E-state index in [1.165, 1.54) is 0 Å². The normalized spacial score (nSPS) is 18.8. The second-order valence-corrected chi connectivity index (χ2v) is 5.33. The number of imidazole rings is 1. The summed E-state index contributed by atoms with van der Waals surface area (Å²) >= 11 is 1.61. The number of carbonyl (C=O) groups excluding carboxylic acids is 1. The minimum Gasteiger partial charge on any atom is -0.335 e. The van der Waals surface area contributed by atoms with Crippen LogP contribution in [0.25, 0.3) is 10.8 Å². The molecule has 94 valence electrons. The number of hydrogen-bond donors (Lipinski definition) is 0. The van der Waals surface area contributed by atoms with Crippen molar-refractivity contribution in [3.63, 3.8) is 0 Å². The molecule has 0 saturated heterocycles. The Morgan fingerprint density at radius 1 is 1.50 bits per heavy atom. The summed E-state index contributed by atoms with van der Waals surface area (Å²) in [6.45, 7) is 5.52. The molecule has 0 radical (unpaired) electrons. The molecule has 5 nitrogen and oxygen atoms in total. The van der Waals surface area contributed by atoms with E-state index in [1.54, 1.807) is 16.2 Å². The Kier molecular flexibility index (Phi) is 2.66. The lowest BCUT2D eigenvalue weighted by Gasteiger charge is -2.31. The van der Waals surface area contributed by atoms with Crippen molar-refractivity contribution in [3.8, 4) is 10.8 Å². The zero-order valence-electron chi connectivity index (χ0n) is 10.3. The molecule has 1 aliphatic rings. The second kappa shape index (κ2) is 4.20. The van der Waals surface area contributed by atoms with Crippen molar-refractivity contribution >= 4 is 17.7 Å². The fourth-order valence-corrected chi connectivity index (χ4v) is 3.11. The molecular formula is C12H14N4OS. The highest BCUT2D eigenvalue weighted by atomic mass is 32.1. The van der Waals surface area contributed by atoms with E-state index >= 15 is 0 Å². The fraction of sp³-hybridized carbons (Fsp3) is 0.417. The summed E-state index contributed by atoms with van der Waals surface area (Å²) in [6.07, 6.45) is 2.76. The Balaban J connectivity index is 2.04. The number of hydrogen-bond acceptors (Lipinski definition) is 4. The van der Waals surface area contributed by atoms with Crippen LogP contribution >= 0.6 is 11.3 Å². The molecule has 1 atom stereocenters. The first-order valence-corrected chi connectivity index (χ1v) is 6.77. The van der Waals surface area contributed by atoms with Crippen molar-refractivity contribution < 1.29 is 4.79 Å². The van der Waals surface area contributed by atoms with E-state index in [-0.39, 0.29) is 6.04 Å². The predicted molar refractivity (Wildman–Crippen MR) is 69.3 cm³/mol. The van der Waals surface area contributed by atoms with E-state index in [9.17, 15) is 4.79 Å². The standard InChI is InChI=1S/C12H14N4OS/c1-8-6-18-12(14-8)11-13-5-10-9(2)15(7-17)3-4-16(10)11/h5-7,9H,3-4H2,1-2H3. The van der Waals surface area contributed by atoms with E-state index in [1.807, 2.05) is 25.4 Å². The molecule has 0 fully saturated rings. The van der Waals surface area contributed by atoms with Gasteiger partial charge in [-0.05, 0) is 13.8 Å². The zero-order chi connectivity index (χ0) is 12.7. The molecule has 1 unspecified atom stereocenters. The zero-order valence-corrected chi connectivity index (χ0v) is 11.1. The van der Waals surface area contributed by atoms with Gasteiger partial charge in [-0.1, -0.05) is 0 Å². The van der Waals surface area contributed by atoms with E-state index < -0.39 is 0 Å². The number of amides is 1. The van der Waals surface area contributed by atoms with Gasteiger partial charge in [0.15, 0.2) is 10.8 Å². The minimum absolute atomic E-state index is 0.0820. The van der Waals surface area contributed by atoms with Gasteiger partial charge in [0, 0.05) is 24.2 Å². The molecule has 2 aromatic heterocycles. The maximum absolute atomic E-state index is 10.9. The van der Waals surface area contributed by atoms with E-state index in [2.05, 4.69) is 14.5 Å². The van der Waals surface area contributed by atoms with Crippen LogP contribution in [0.3, 0.4) is 0 Å². The molecule has 2 aromatic rings. The van der Waals surface area contributed by atoms with E-state index in [0.29, 0.717) is 0 Å². The van der Waals surface area contributed by atoms with Crippen molar-refractivity contribution in [2.75, 3.05) is 6.54 Å². The van der Waals surface area contributed by atoms with Crippen LogP contribution in [0.1, 0.15) is 24.4 Å². The number of aromatic nitrogens is 3. The Hall–Kier alpha value is -1.69. The number of fused-ring (bicyclic) bond motifs is 1. The van der Waals surface area contributed by atoms with Gasteiger partial charge in [-0.15, -0.1) is 11.3 Å². The topological polar surface area (TPSA) is 51.0 Å². The summed E-state index contributed by atoms with van der Waals surface area (Å²) < 4.78 is 2.17. The summed E-state index contributed by atoms with van der Waals surface area (Å²) in [4.78, 5) is 21.7. The molecule has 0 N–H and O–H groups in total. The molecule has 0 spiro atoms. The van der Waals surface area contributed by atoms with Gasteiger partial charge in [-0.25, -0.2) is 9.97 Å². The maximum Gasteiger partial charge on any atom is 0.210 e. The summed E-state index contributed by atoms with van der Waals surface area (Å²) in [7, 11) is 0. The third kappa shape index (κ3) is 1.64. The van der Waals surface area contributed by atoms with Gasteiger partial charge in [0.1, 0.15) is 0 Å². The highest BCUT2D eigenvalue weighted by Crippen LogP contribution is 2.30. The van der Waals surface area contributed by atoms with Crippen molar-refractivity contribution in [2.24, 2.45) is 0 Å². The van der Waals surface area contributed by atoms with Crippen molar-refractivity contribution in [3.05, 3.63) is 23.0 Å². The van der Waals surface area contributed by atoms with Gasteiger partial charge in [0.2, 0.25) is 6.41 Å². The largest absolute Gasteiger partial charge is 0.335 e. The average molecular weight is 262 g/mol. The number of aryl methyl sites for hydroxylation is 1. The summed E-state index contributed by atoms with van der Waals surface area (Å²) in [5, 5.41) is 2.98. The van der Waals surface area contributed by atoms with Crippen LogP contribution in [-0.4, -0.2) is 32.4 Å². The first-order chi connectivity index (χ1) is 8.70. The third-order valence-electron chi connectivity index (χ3n) is 3.34. The van der Waals surface area contributed by atoms with Crippen molar-refractivity contribution in [1.29, 1.82) is 0 Å². The number of carbonyl (C=O) groups is 1. The van der Waals surface area contributed by atoms with Gasteiger partial charge in [0.05, 0.1) is 17.9 Å². The molecule has 6 heteroatoms. The minimum atomic E-state index is 0.0820. The molecule has 18 heavy (non-hydrogen) atoms. The molecule has 0 aromatic carbocycles. The van der Waals surface area contributed by atoms with Crippen LogP contribution in [0.4, 0.5) is 0 Å².